The second-order valence-electron chi connectivity index (χ2n) is 2.95. The lowest BCUT2D eigenvalue weighted by Gasteiger charge is -2.07. The van der Waals surface area contributed by atoms with Crippen molar-refractivity contribution in [3.05, 3.63) is 17.5 Å². The van der Waals surface area contributed by atoms with Crippen LogP contribution in [0.25, 0.3) is 0 Å². The fourth-order valence-electron chi connectivity index (χ4n) is 1.07. The molecule has 0 N–H and O–H groups in total. The average molecular weight is 271 g/mol. The van der Waals surface area contributed by atoms with Gasteiger partial charge in [-0.15, -0.1) is 0 Å². The molecular formula is C8H6ClF3N2O3. The molecule has 5 nitrogen and oxygen atoms in total. The molecule has 0 aliphatic rings. The summed E-state index contributed by atoms with van der Waals surface area (Å²) in [5, 5.41) is 2.16. The Labute approximate surface area is 98.1 Å². The van der Waals surface area contributed by atoms with Crippen LogP contribution in [0.5, 0.6) is 0 Å². The van der Waals surface area contributed by atoms with Crippen LogP contribution in [0.4, 0.5) is 13.2 Å². The first-order valence-corrected chi connectivity index (χ1v) is 4.55. The molecule has 0 spiro atoms. The number of aromatic nitrogens is 2. The minimum Gasteiger partial charge on any atom is -0.464 e. The number of ether oxygens (including phenoxy) is 1. The molecule has 1 aromatic rings. The Morgan fingerprint density at radius 3 is 2.53 bits per heavy atom. The third-order valence-electron chi connectivity index (χ3n) is 1.70. The van der Waals surface area contributed by atoms with E-state index in [-0.39, 0.29) is 0 Å². The fourth-order valence-corrected chi connectivity index (χ4v) is 1.22. The van der Waals surface area contributed by atoms with E-state index in [2.05, 4.69) is 9.84 Å². The maximum absolute atomic E-state index is 12.1. The Morgan fingerprint density at radius 1 is 1.53 bits per heavy atom. The van der Waals surface area contributed by atoms with Gasteiger partial charge < -0.3 is 4.74 Å². The molecule has 0 bridgehead atoms. The number of methoxy groups -OCH3 is 1. The molecule has 1 aromatic heterocycles. The highest BCUT2D eigenvalue weighted by atomic mass is 35.5. The Balaban J connectivity index is 3.14. The van der Waals surface area contributed by atoms with Gasteiger partial charge in [-0.2, -0.15) is 18.3 Å². The van der Waals surface area contributed by atoms with Gasteiger partial charge in [0.25, 0.3) is 5.24 Å². The van der Waals surface area contributed by atoms with Gasteiger partial charge in [-0.3, -0.25) is 9.48 Å². The molecule has 0 unspecified atom stereocenters. The molecule has 0 fully saturated rings. The summed E-state index contributed by atoms with van der Waals surface area (Å²) >= 11 is 5.08. The Morgan fingerprint density at radius 2 is 2.12 bits per heavy atom. The Kier molecular flexibility index (Phi) is 3.76. The zero-order valence-electron chi connectivity index (χ0n) is 8.42. The first-order valence-electron chi connectivity index (χ1n) is 4.17. The molecule has 0 atom stereocenters. The highest BCUT2D eigenvalue weighted by Gasteiger charge is 2.31. The van der Waals surface area contributed by atoms with Gasteiger partial charge in [-0.25, -0.2) is 4.79 Å². The van der Waals surface area contributed by atoms with E-state index >= 15 is 0 Å². The Hall–Kier alpha value is -1.57. The van der Waals surface area contributed by atoms with E-state index in [4.69, 9.17) is 11.6 Å². The molecule has 0 radical (unpaired) electrons. The minimum atomic E-state index is -4.58. The zero-order valence-corrected chi connectivity index (χ0v) is 9.17. The van der Waals surface area contributed by atoms with Gasteiger partial charge in [0, 0.05) is 6.07 Å². The van der Waals surface area contributed by atoms with E-state index in [1.165, 1.54) is 0 Å². The van der Waals surface area contributed by atoms with Gasteiger partial charge in [-0.05, 0) is 11.6 Å². The number of rotatable bonds is 3. The quantitative estimate of drug-likeness (QED) is 0.618. The summed E-state index contributed by atoms with van der Waals surface area (Å²) in [5.74, 6) is -0.954. The predicted molar refractivity (Wildman–Crippen MR) is 49.8 cm³/mol. The summed E-state index contributed by atoms with van der Waals surface area (Å²) in [5.41, 5.74) is -0.940. The molecule has 1 rings (SSSR count). The first kappa shape index (κ1) is 13.5. The third kappa shape index (κ3) is 3.45. The van der Waals surface area contributed by atoms with Crippen LogP contribution in [0.2, 0.25) is 0 Å². The summed E-state index contributed by atoms with van der Waals surface area (Å²) in [4.78, 5) is 21.9. The largest absolute Gasteiger partial charge is 0.464 e. The van der Waals surface area contributed by atoms with Crippen molar-refractivity contribution in [1.82, 2.24) is 9.78 Å². The monoisotopic (exact) mass is 270 g/mol. The van der Waals surface area contributed by atoms with Gasteiger partial charge in [-0.1, -0.05) is 0 Å². The van der Waals surface area contributed by atoms with Crippen molar-refractivity contribution < 1.29 is 27.5 Å². The van der Waals surface area contributed by atoms with Crippen molar-refractivity contribution in [1.29, 1.82) is 0 Å². The summed E-state index contributed by atoms with van der Waals surface area (Å²) in [6.07, 6.45) is -4.58. The minimum absolute atomic E-state index is 0.307. The molecule has 0 saturated heterocycles. The standard InChI is InChI=1S/C8H6ClF3N2O3/c1-17-7(16)4-2-5(6(9)15)14(13-4)3-8(10,11)12/h2H,3H2,1H3. The lowest BCUT2D eigenvalue weighted by molar-refractivity contribution is -0.142. The van der Waals surface area contributed by atoms with Gasteiger partial charge in [0.05, 0.1) is 7.11 Å². The fraction of sp³-hybridized carbons (Fsp3) is 0.375. The van der Waals surface area contributed by atoms with Crippen LogP contribution in [-0.4, -0.2) is 34.3 Å². The lowest BCUT2D eigenvalue weighted by atomic mass is 10.3. The highest BCUT2D eigenvalue weighted by Crippen LogP contribution is 2.19. The van der Waals surface area contributed by atoms with E-state index in [0.29, 0.717) is 4.68 Å². The number of hydrogen-bond donors (Lipinski definition) is 0. The number of hydrogen-bond acceptors (Lipinski definition) is 4. The molecule has 94 valence electrons. The van der Waals surface area contributed by atoms with Crippen molar-refractivity contribution in [3.8, 4) is 0 Å². The van der Waals surface area contributed by atoms with Crippen LogP contribution in [0, 0.1) is 0 Å². The number of carbonyl (C=O) groups is 2. The molecule has 0 saturated carbocycles. The predicted octanol–water partition coefficient (Wildman–Crippen LogP) is 1.61. The van der Waals surface area contributed by atoms with Gasteiger partial charge in [0.15, 0.2) is 5.69 Å². The molecule has 9 heteroatoms. The van der Waals surface area contributed by atoms with Gasteiger partial charge >= 0.3 is 12.1 Å². The molecule has 0 aliphatic carbocycles. The van der Waals surface area contributed by atoms with Crippen molar-refractivity contribution in [3.63, 3.8) is 0 Å². The number of nitrogens with zero attached hydrogens (tertiary/aromatic N) is 2. The molecule has 0 aliphatic heterocycles. The van der Waals surface area contributed by atoms with Crippen molar-refractivity contribution in [2.45, 2.75) is 12.7 Å². The number of halogens is 4. The Bertz CT molecular complexity index is 455. The lowest BCUT2D eigenvalue weighted by Crippen LogP contribution is -2.21. The summed E-state index contributed by atoms with van der Waals surface area (Å²) in [6.45, 7) is -1.52. The topological polar surface area (TPSA) is 61.2 Å². The summed E-state index contributed by atoms with van der Waals surface area (Å²) in [7, 11) is 1.04. The van der Waals surface area contributed by atoms with Gasteiger partial charge in [0.1, 0.15) is 12.2 Å². The van der Waals surface area contributed by atoms with Crippen molar-refractivity contribution >= 4 is 22.8 Å². The van der Waals surface area contributed by atoms with Crippen LogP contribution in [0.3, 0.4) is 0 Å². The maximum Gasteiger partial charge on any atom is 0.408 e. The molecule has 0 aromatic carbocycles. The molecule has 1 heterocycles. The average Bonchev–Trinajstić information content (AvgIpc) is 2.57. The van der Waals surface area contributed by atoms with E-state index < -0.39 is 35.3 Å². The van der Waals surface area contributed by atoms with Crippen LogP contribution in [-0.2, 0) is 11.3 Å². The molecule has 0 amide bonds. The second kappa shape index (κ2) is 4.74. The zero-order chi connectivity index (χ0) is 13.2. The van der Waals surface area contributed by atoms with Gasteiger partial charge in [0.2, 0.25) is 0 Å². The van der Waals surface area contributed by atoms with Crippen molar-refractivity contribution in [2.24, 2.45) is 0 Å². The molecule has 17 heavy (non-hydrogen) atoms. The van der Waals surface area contributed by atoms with Crippen LogP contribution < -0.4 is 0 Å². The summed E-state index contributed by atoms with van der Waals surface area (Å²) in [6, 6.07) is 0.840. The van der Waals surface area contributed by atoms with Crippen molar-refractivity contribution in [2.75, 3.05) is 7.11 Å². The normalized spacial score (nSPS) is 11.4. The third-order valence-corrected chi connectivity index (χ3v) is 1.90. The smallest absolute Gasteiger partial charge is 0.408 e. The molecular weight excluding hydrogens is 265 g/mol. The number of alkyl halides is 3. The number of esters is 1. The van der Waals surface area contributed by atoms with E-state index in [1.54, 1.807) is 0 Å². The SMILES string of the molecule is COC(=O)c1cc(C(=O)Cl)n(CC(F)(F)F)n1. The van der Waals surface area contributed by atoms with Crippen LogP contribution in [0.1, 0.15) is 21.0 Å². The summed E-state index contributed by atoms with van der Waals surface area (Å²) < 4.78 is 41.0. The first-order chi connectivity index (χ1) is 7.74. The number of carbonyl (C=O) groups excluding carboxylic acids is 2. The van der Waals surface area contributed by atoms with Crippen LogP contribution in [0.15, 0.2) is 6.07 Å². The highest BCUT2D eigenvalue weighted by molar-refractivity contribution is 6.67. The van der Waals surface area contributed by atoms with Crippen LogP contribution >= 0.6 is 11.6 Å². The van der Waals surface area contributed by atoms with E-state index in [0.717, 1.165) is 13.2 Å². The maximum atomic E-state index is 12.1. The van der Waals surface area contributed by atoms with E-state index in [1.807, 2.05) is 0 Å². The second-order valence-corrected chi connectivity index (χ2v) is 3.30. The van der Waals surface area contributed by atoms with E-state index in [9.17, 15) is 22.8 Å².